The molecule has 2 heterocycles. The first-order chi connectivity index (χ1) is 22.9. The normalized spacial score (nSPS) is 11.9. The molecule has 0 atom stereocenters. The van der Waals surface area contributed by atoms with Gasteiger partial charge in [-0.1, -0.05) is 60.7 Å². The second-order valence-electron chi connectivity index (χ2n) is 12.1. The molecular weight excluding hydrogens is 569 g/mol. The first-order valence-electron chi connectivity index (χ1n) is 14.4. The van der Waals surface area contributed by atoms with Crippen molar-refractivity contribution in [1.82, 2.24) is 4.40 Å². The topological polar surface area (TPSA) is 4.41 Å². The van der Waals surface area contributed by atoms with E-state index in [-0.39, 0.29) is 153 Å². The van der Waals surface area contributed by atoms with Gasteiger partial charge in [0.05, 0.1) is 5.52 Å². The quantitative estimate of drug-likeness (QED) is 0.160. The van der Waals surface area contributed by atoms with Gasteiger partial charge in [0.1, 0.15) is 141 Å². The van der Waals surface area contributed by atoms with Gasteiger partial charge in [-0.15, -0.1) is 43.7 Å². The summed E-state index contributed by atoms with van der Waals surface area (Å²) in [6.45, 7) is 0. The van der Waals surface area contributed by atoms with Gasteiger partial charge in [-0.25, -0.2) is 0 Å². The van der Waals surface area contributed by atoms with Gasteiger partial charge in [0, 0.05) is 16.4 Å². The van der Waals surface area contributed by atoms with E-state index >= 15 is 0 Å². The molecule has 0 amide bonds. The van der Waals surface area contributed by atoms with E-state index in [4.69, 9.17) is 141 Å². The van der Waals surface area contributed by atoms with E-state index in [0.717, 1.165) is 0 Å². The van der Waals surface area contributed by atoms with E-state index in [1.165, 1.54) is 6.07 Å². The smallest absolute Gasteiger partial charge is 0.115 e. The molecule has 0 spiro atoms. The van der Waals surface area contributed by atoms with E-state index in [1.807, 2.05) is 0 Å². The molecule has 2 aromatic heterocycles. The summed E-state index contributed by atoms with van der Waals surface area (Å²) in [6.07, 6.45) is 0. The third-order valence-electron chi connectivity index (χ3n) is 9.62. The SMILES string of the molecule is [B]c1cc([B])c2c3c([B])c([B])c([B])c4c5c([B])c([B])c([B])c([B])c5c5c([B])c([B])c([B])c([B])c5c5c([B])c([B])c([B])c([B])c5n(c2c1[B])c43. The zero-order valence-electron chi connectivity index (χ0n) is 25.9. The van der Waals surface area contributed by atoms with Crippen LogP contribution in [0.4, 0.5) is 0 Å². The molecule has 7 rings (SSSR count). The van der Waals surface area contributed by atoms with E-state index in [0.29, 0.717) is 5.39 Å². The van der Waals surface area contributed by atoms with Crippen molar-refractivity contribution in [2.45, 2.75) is 0 Å². The molecule has 5 aromatic carbocycles. The number of hydrogen-bond acceptors (Lipinski definition) is 0. The van der Waals surface area contributed by atoms with Gasteiger partial charge in [-0.2, -0.15) is 0 Å². The van der Waals surface area contributed by atoms with Gasteiger partial charge in [0.2, 0.25) is 0 Å². The van der Waals surface area contributed by atoms with Crippen molar-refractivity contribution in [1.29, 1.82) is 0 Å². The molecule has 0 aliphatic carbocycles. The molecule has 0 aliphatic heterocycles. The maximum absolute atomic E-state index is 6.90. The second-order valence-corrected chi connectivity index (χ2v) is 12.1. The summed E-state index contributed by atoms with van der Waals surface area (Å²) in [5.41, 5.74) is -0.154. The number of hydrogen-bond donors (Lipinski definition) is 0. The standard InChI is InChI=1S/C30HB18N/c31-2-1-3(32)12(33)29-4(2)9-17(38)20(41)18(39)10-7-5(13(34)21(42)23(44)15(7)36)6-8(16(37)24(45)22(43)14(6)35)11-19(40)25(46)26(47)27(48)30(11)49(29)28(9)10/h1H. The number of rotatable bonds is 0. The Balaban J connectivity index is 2.25. The minimum absolute atomic E-state index is 0.0353. The summed E-state index contributed by atoms with van der Waals surface area (Å²) in [5.74, 6) is 0. The maximum atomic E-state index is 6.90. The average molecular weight is 570 g/mol. The van der Waals surface area contributed by atoms with Crippen molar-refractivity contribution in [3.05, 3.63) is 6.07 Å². The number of fused-ring (bicyclic) bond motifs is 10. The zero-order valence-corrected chi connectivity index (χ0v) is 25.9. The molecule has 0 bridgehead atoms. The molecule has 7 aromatic rings. The summed E-state index contributed by atoms with van der Waals surface area (Å²) in [4.78, 5) is 0. The second kappa shape index (κ2) is 11.3. The first-order valence-corrected chi connectivity index (χ1v) is 14.4. The predicted octanol–water partition coefficient (Wildman–Crippen LogP) is -13.4. The molecule has 0 saturated heterocycles. The van der Waals surface area contributed by atoms with Gasteiger partial charge < -0.3 is 4.40 Å². The molecule has 36 radical (unpaired) electrons. The van der Waals surface area contributed by atoms with Gasteiger partial charge in [-0.05, 0) is 37.7 Å². The third kappa shape index (κ3) is 4.20. The van der Waals surface area contributed by atoms with E-state index < -0.39 is 0 Å². The van der Waals surface area contributed by atoms with E-state index in [9.17, 15) is 0 Å². The maximum Gasteiger partial charge on any atom is 0.115 e. The lowest BCUT2D eigenvalue weighted by Crippen LogP contribution is -2.51. The Hall–Kier alpha value is -2.93. The van der Waals surface area contributed by atoms with Gasteiger partial charge in [0.15, 0.2) is 0 Å². The number of aromatic nitrogens is 1. The Labute approximate surface area is 308 Å². The summed E-state index contributed by atoms with van der Waals surface area (Å²) in [6, 6.07) is 1.48. The Morgan fingerprint density at radius 2 is 0.490 bits per heavy atom. The molecule has 0 unspecified atom stereocenters. The zero-order chi connectivity index (χ0) is 36.0. The fraction of sp³-hybridized carbons (Fsp3) is 0. The van der Waals surface area contributed by atoms with Crippen LogP contribution in [0.5, 0.6) is 0 Å². The molecular formula is C30HB18N. The Bertz CT molecular complexity index is 2800. The third-order valence-corrected chi connectivity index (χ3v) is 9.62. The van der Waals surface area contributed by atoms with Crippen LogP contribution in [-0.2, 0) is 0 Å². The fourth-order valence-electron chi connectivity index (χ4n) is 7.08. The van der Waals surface area contributed by atoms with E-state index in [2.05, 4.69) is 0 Å². The van der Waals surface area contributed by atoms with Crippen LogP contribution in [0.25, 0.3) is 59.6 Å². The highest BCUT2D eigenvalue weighted by Crippen LogP contribution is 2.33. The number of benzene rings is 5. The lowest BCUT2D eigenvalue weighted by Gasteiger charge is -2.24. The Morgan fingerprint density at radius 3 is 0.898 bits per heavy atom. The van der Waals surface area contributed by atoms with Crippen LogP contribution in [0.3, 0.4) is 0 Å². The van der Waals surface area contributed by atoms with Crippen LogP contribution >= 0.6 is 0 Å². The molecule has 49 heavy (non-hydrogen) atoms. The molecule has 19 heteroatoms. The number of nitrogens with zero attached hydrogens (tertiary/aromatic N) is 1. The monoisotopic (exact) mass is 573 g/mol. The minimum Gasteiger partial charge on any atom is -0.309 e. The molecule has 180 valence electrons. The van der Waals surface area contributed by atoms with Crippen LogP contribution < -0.4 is 98.3 Å². The van der Waals surface area contributed by atoms with Crippen LogP contribution in [0.2, 0.25) is 0 Å². The van der Waals surface area contributed by atoms with Crippen LogP contribution in [0.1, 0.15) is 0 Å². The summed E-state index contributed by atoms with van der Waals surface area (Å²) in [5, 5.41) is 1.26. The van der Waals surface area contributed by atoms with Crippen molar-refractivity contribution in [3.63, 3.8) is 0 Å². The van der Waals surface area contributed by atoms with Crippen molar-refractivity contribution >= 4 is 299 Å². The summed E-state index contributed by atoms with van der Waals surface area (Å²) < 4.78 is 1.59. The van der Waals surface area contributed by atoms with Gasteiger partial charge in [0.25, 0.3) is 0 Å². The van der Waals surface area contributed by atoms with Gasteiger partial charge in [-0.3, -0.25) is 0 Å². The largest absolute Gasteiger partial charge is 0.309 e. The highest BCUT2D eigenvalue weighted by atomic mass is 14.9. The Morgan fingerprint density at radius 1 is 0.224 bits per heavy atom. The van der Waals surface area contributed by atoms with Crippen molar-refractivity contribution in [2.75, 3.05) is 0 Å². The van der Waals surface area contributed by atoms with Crippen LogP contribution in [0, 0.1) is 0 Å². The molecule has 0 N–H and O–H groups in total. The van der Waals surface area contributed by atoms with Crippen LogP contribution in [0.15, 0.2) is 6.07 Å². The lowest BCUT2D eigenvalue weighted by molar-refractivity contribution is 1.38. The molecule has 1 nitrogen and oxygen atoms in total. The molecule has 0 fully saturated rings. The molecule has 0 aliphatic rings. The van der Waals surface area contributed by atoms with Crippen molar-refractivity contribution < 1.29 is 0 Å². The highest BCUT2D eigenvalue weighted by molar-refractivity contribution is 6.75. The predicted molar refractivity (Wildman–Crippen MR) is 231 cm³/mol. The highest BCUT2D eigenvalue weighted by Gasteiger charge is 2.26. The summed E-state index contributed by atoms with van der Waals surface area (Å²) in [7, 11) is 120. The lowest BCUT2D eigenvalue weighted by atomic mass is 9.60. The fourth-order valence-corrected chi connectivity index (χ4v) is 7.08. The van der Waals surface area contributed by atoms with Gasteiger partial charge >= 0.3 is 0 Å². The minimum atomic E-state index is -0.0904. The first kappa shape index (κ1) is 34.5. The van der Waals surface area contributed by atoms with Crippen molar-refractivity contribution in [2.24, 2.45) is 0 Å². The summed E-state index contributed by atoms with van der Waals surface area (Å²) >= 11 is 0. The van der Waals surface area contributed by atoms with Crippen molar-refractivity contribution in [3.8, 4) is 0 Å². The Kier molecular flexibility index (Phi) is 7.95. The molecule has 0 saturated carbocycles. The van der Waals surface area contributed by atoms with E-state index in [1.54, 1.807) is 4.40 Å². The average Bonchev–Trinajstić information content (AvgIpc) is 3.43. The van der Waals surface area contributed by atoms with Crippen LogP contribution in [-0.4, -0.2) is 146 Å².